The number of hydrogen-bond acceptors (Lipinski definition) is 4. The van der Waals surface area contributed by atoms with Gasteiger partial charge in [0.25, 0.3) is 0 Å². The molecule has 0 spiro atoms. The number of aromatic nitrogens is 1. The average molecular weight is 236 g/mol. The van der Waals surface area contributed by atoms with Crippen molar-refractivity contribution in [1.29, 1.82) is 0 Å². The highest BCUT2D eigenvalue weighted by atomic mass is 32.1. The van der Waals surface area contributed by atoms with Crippen molar-refractivity contribution in [2.45, 2.75) is 18.6 Å². The van der Waals surface area contributed by atoms with E-state index in [0.29, 0.717) is 6.54 Å². The van der Waals surface area contributed by atoms with Crippen LogP contribution in [0.4, 0.5) is 4.79 Å². The Morgan fingerprint density at radius 1 is 1.62 bits per heavy atom. The predicted octanol–water partition coefficient (Wildman–Crippen LogP) is 0.606. The van der Waals surface area contributed by atoms with Crippen LogP contribution in [-0.4, -0.2) is 28.5 Å². The lowest BCUT2D eigenvalue weighted by molar-refractivity contribution is 0.208. The molecular weight excluding hydrogens is 224 g/mol. The van der Waals surface area contributed by atoms with Gasteiger partial charge in [-0.05, 0) is 0 Å². The van der Waals surface area contributed by atoms with Gasteiger partial charge in [0.05, 0.1) is 17.0 Å². The van der Waals surface area contributed by atoms with E-state index in [4.69, 9.17) is 5.73 Å². The molecule has 2 aliphatic heterocycles. The summed E-state index contributed by atoms with van der Waals surface area (Å²) in [5.41, 5.74) is 5.53. The van der Waals surface area contributed by atoms with Crippen LogP contribution in [0, 0.1) is 0 Å². The van der Waals surface area contributed by atoms with Crippen LogP contribution in [0.3, 0.4) is 0 Å². The number of thiazole rings is 1. The number of carbonyl (C=O) groups is 1. The third-order valence-corrected chi connectivity index (χ3v) is 3.95. The second-order valence-electron chi connectivity index (χ2n) is 3.90. The van der Waals surface area contributed by atoms with Crippen LogP contribution in [0.1, 0.15) is 15.9 Å². The zero-order valence-corrected chi connectivity index (χ0v) is 9.41. The number of amides is 2. The Morgan fingerprint density at radius 2 is 2.50 bits per heavy atom. The fraction of sp³-hybridized carbons (Fsp3) is 0.400. The number of rotatable bonds is 2. The first-order valence-corrected chi connectivity index (χ1v) is 5.99. The molecule has 2 amide bonds. The summed E-state index contributed by atoms with van der Waals surface area (Å²) in [5, 5.41) is 3.80. The minimum Gasteiger partial charge on any atom is -0.330 e. The van der Waals surface area contributed by atoms with E-state index in [1.165, 1.54) is 0 Å². The summed E-state index contributed by atoms with van der Waals surface area (Å²) in [4.78, 5) is 18.8. The molecule has 3 N–H and O–H groups in total. The lowest BCUT2D eigenvalue weighted by Crippen LogP contribution is -2.31. The Kier molecular flexibility index (Phi) is 2.19. The molecule has 6 heteroatoms. The number of nitrogens with two attached hydrogens (primary N) is 1. The monoisotopic (exact) mass is 236 g/mol. The van der Waals surface area contributed by atoms with E-state index in [1.807, 2.05) is 17.2 Å². The van der Waals surface area contributed by atoms with Gasteiger partial charge in [-0.2, -0.15) is 0 Å². The van der Waals surface area contributed by atoms with Crippen LogP contribution in [0.5, 0.6) is 0 Å². The van der Waals surface area contributed by atoms with Gasteiger partial charge in [0, 0.05) is 19.3 Å². The van der Waals surface area contributed by atoms with Crippen molar-refractivity contribution >= 4 is 17.4 Å². The van der Waals surface area contributed by atoms with E-state index in [0.717, 1.165) is 16.4 Å². The molecule has 5 nitrogen and oxygen atoms in total. The molecule has 2 unspecified atom stereocenters. The topological polar surface area (TPSA) is 71.2 Å². The lowest BCUT2D eigenvalue weighted by atomic mass is 10.1. The molecular formula is C10H12N4OS. The zero-order chi connectivity index (χ0) is 11.1. The van der Waals surface area contributed by atoms with Crippen LogP contribution < -0.4 is 11.1 Å². The standard InChI is InChI=1S/C10H12N4OS/c11-3-9-12-4-8(16-9)7-2-1-6-5-14(7)10(15)13-6/h1-2,4,6-7H,3,5,11H2,(H,13,15). The molecule has 2 aliphatic rings. The zero-order valence-electron chi connectivity index (χ0n) is 8.59. The van der Waals surface area contributed by atoms with Crippen molar-refractivity contribution in [1.82, 2.24) is 15.2 Å². The smallest absolute Gasteiger partial charge is 0.318 e. The molecule has 16 heavy (non-hydrogen) atoms. The SMILES string of the molecule is NCc1ncc(C2C=CC3CN2C(=O)N3)s1. The first kappa shape index (κ1) is 9.80. The first-order valence-electron chi connectivity index (χ1n) is 5.18. The van der Waals surface area contributed by atoms with Crippen LogP contribution >= 0.6 is 11.3 Å². The van der Waals surface area contributed by atoms with Crippen molar-refractivity contribution in [2.75, 3.05) is 6.54 Å². The van der Waals surface area contributed by atoms with Gasteiger partial charge in [-0.25, -0.2) is 9.78 Å². The normalized spacial score (nSPS) is 27.3. The molecule has 1 fully saturated rings. The minimum atomic E-state index is 0.00250. The summed E-state index contributed by atoms with van der Waals surface area (Å²) in [6.45, 7) is 1.20. The van der Waals surface area contributed by atoms with E-state index in [-0.39, 0.29) is 18.1 Å². The first-order chi connectivity index (χ1) is 7.78. The third kappa shape index (κ3) is 1.42. The molecule has 1 aromatic rings. The second-order valence-corrected chi connectivity index (χ2v) is 5.05. The number of nitrogens with one attached hydrogen (secondary N) is 1. The summed E-state index contributed by atoms with van der Waals surface area (Å²) < 4.78 is 0. The summed E-state index contributed by atoms with van der Waals surface area (Å²) in [5.74, 6) is 0. The van der Waals surface area contributed by atoms with E-state index >= 15 is 0 Å². The Balaban J connectivity index is 1.92. The summed E-state index contributed by atoms with van der Waals surface area (Å²) in [7, 11) is 0. The quantitative estimate of drug-likeness (QED) is 0.739. The van der Waals surface area contributed by atoms with Gasteiger partial charge in [-0.1, -0.05) is 12.2 Å². The van der Waals surface area contributed by atoms with Gasteiger partial charge >= 0.3 is 6.03 Å². The Hall–Kier alpha value is -1.40. The number of urea groups is 1. The molecule has 1 saturated heterocycles. The van der Waals surface area contributed by atoms with Crippen LogP contribution in [-0.2, 0) is 6.54 Å². The lowest BCUT2D eigenvalue weighted by Gasteiger charge is -2.25. The molecule has 0 radical (unpaired) electrons. The number of carbonyl (C=O) groups excluding carboxylic acids is 1. The summed E-state index contributed by atoms with van der Waals surface area (Å²) in [6.07, 6.45) is 5.92. The largest absolute Gasteiger partial charge is 0.330 e. The second kappa shape index (κ2) is 3.57. The summed E-state index contributed by atoms with van der Waals surface area (Å²) >= 11 is 1.57. The van der Waals surface area contributed by atoms with Gasteiger partial charge in [0.2, 0.25) is 0 Å². The van der Waals surface area contributed by atoms with Crippen molar-refractivity contribution in [3.63, 3.8) is 0 Å². The van der Waals surface area contributed by atoms with Crippen molar-refractivity contribution in [2.24, 2.45) is 5.73 Å². The van der Waals surface area contributed by atoms with Gasteiger partial charge in [0.15, 0.2) is 0 Å². The predicted molar refractivity (Wildman–Crippen MR) is 60.9 cm³/mol. The van der Waals surface area contributed by atoms with Crippen LogP contribution in [0.25, 0.3) is 0 Å². The molecule has 2 atom stereocenters. The van der Waals surface area contributed by atoms with Gasteiger partial charge in [-0.3, -0.25) is 0 Å². The van der Waals surface area contributed by atoms with E-state index in [1.54, 1.807) is 11.3 Å². The van der Waals surface area contributed by atoms with Gasteiger partial charge < -0.3 is 16.0 Å². The van der Waals surface area contributed by atoms with E-state index in [9.17, 15) is 4.79 Å². The van der Waals surface area contributed by atoms with Crippen molar-refractivity contribution < 1.29 is 4.79 Å². The number of fused-ring (bicyclic) bond motifs is 2. The molecule has 0 aliphatic carbocycles. The maximum absolute atomic E-state index is 11.7. The molecule has 84 valence electrons. The Labute approximate surface area is 97.0 Å². The van der Waals surface area contributed by atoms with E-state index < -0.39 is 0 Å². The highest BCUT2D eigenvalue weighted by Crippen LogP contribution is 2.32. The van der Waals surface area contributed by atoms with Crippen LogP contribution in [0.15, 0.2) is 18.3 Å². The molecule has 0 saturated carbocycles. The molecule has 3 heterocycles. The summed E-state index contributed by atoms with van der Waals surface area (Å²) in [6, 6.07) is 0.199. The highest BCUT2D eigenvalue weighted by Gasteiger charge is 2.36. The third-order valence-electron chi connectivity index (χ3n) is 2.86. The van der Waals surface area contributed by atoms with Gasteiger partial charge in [0.1, 0.15) is 5.01 Å². The molecule has 2 bridgehead atoms. The Morgan fingerprint density at radius 3 is 3.25 bits per heavy atom. The maximum Gasteiger partial charge on any atom is 0.318 e. The average Bonchev–Trinajstić information content (AvgIpc) is 2.86. The van der Waals surface area contributed by atoms with Crippen molar-refractivity contribution in [3.8, 4) is 0 Å². The van der Waals surface area contributed by atoms with Crippen LogP contribution in [0.2, 0.25) is 0 Å². The highest BCUT2D eigenvalue weighted by molar-refractivity contribution is 7.11. The Bertz CT molecular complexity index is 455. The number of nitrogens with zero attached hydrogens (tertiary/aromatic N) is 2. The number of hydrogen-bond donors (Lipinski definition) is 2. The molecule has 3 rings (SSSR count). The fourth-order valence-corrected chi connectivity index (χ4v) is 2.97. The molecule has 1 aromatic heterocycles. The van der Waals surface area contributed by atoms with Crippen molar-refractivity contribution in [3.05, 3.63) is 28.2 Å². The maximum atomic E-state index is 11.7. The fourth-order valence-electron chi connectivity index (χ4n) is 2.08. The van der Waals surface area contributed by atoms with Gasteiger partial charge in [-0.15, -0.1) is 11.3 Å². The minimum absolute atomic E-state index is 0.00250. The molecule has 0 aromatic carbocycles. The van der Waals surface area contributed by atoms with E-state index in [2.05, 4.69) is 16.4 Å².